The summed E-state index contributed by atoms with van der Waals surface area (Å²) >= 11 is 0. The van der Waals surface area contributed by atoms with E-state index in [2.05, 4.69) is 9.88 Å². The van der Waals surface area contributed by atoms with Crippen LogP contribution in [0.25, 0.3) is 0 Å². The van der Waals surface area contributed by atoms with E-state index in [0.29, 0.717) is 44.8 Å². The molecule has 0 spiro atoms. The van der Waals surface area contributed by atoms with Crippen LogP contribution in [0.5, 0.6) is 0 Å². The first kappa shape index (κ1) is 20.8. The predicted octanol–water partition coefficient (Wildman–Crippen LogP) is 2.53. The number of hydrogen-bond donors (Lipinski definition) is 0. The van der Waals surface area contributed by atoms with Crippen molar-refractivity contribution in [2.24, 2.45) is 0 Å². The molecule has 1 aromatic carbocycles. The number of nitrogens with zero attached hydrogens (tertiary/aromatic N) is 4. The fraction of sp³-hybridized carbons (Fsp3) is 0.455. The smallest absolute Gasteiger partial charge is 0.253 e. The lowest BCUT2D eigenvalue weighted by molar-refractivity contribution is 0.0746. The minimum Gasteiger partial charge on any atom is -0.353 e. The third kappa shape index (κ3) is 4.34. The first-order chi connectivity index (χ1) is 14.4. The minimum absolute atomic E-state index is 0.0468. The Balaban J connectivity index is 1.38. The number of aryl methyl sites for hydroxylation is 1. The van der Waals surface area contributed by atoms with E-state index in [1.54, 1.807) is 16.4 Å². The number of anilines is 1. The van der Waals surface area contributed by atoms with Crippen LogP contribution in [0, 0.1) is 6.92 Å². The van der Waals surface area contributed by atoms with Crippen LogP contribution in [-0.4, -0.2) is 67.8 Å². The van der Waals surface area contributed by atoms with Gasteiger partial charge in [0.1, 0.15) is 10.7 Å². The Morgan fingerprint density at radius 1 is 0.867 bits per heavy atom. The van der Waals surface area contributed by atoms with Crippen molar-refractivity contribution >= 4 is 21.7 Å². The number of sulfonamides is 1. The van der Waals surface area contributed by atoms with E-state index in [9.17, 15) is 13.2 Å². The lowest BCUT2D eigenvalue weighted by Gasteiger charge is -2.35. The van der Waals surface area contributed by atoms with Crippen molar-refractivity contribution in [3.63, 3.8) is 0 Å². The third-order valence-electron chi connectivity index (χ3n) is 5.86. The Morgan fingerprint density at radius 2 is 1.53 bits per heavy atom. The van der Waals surface area contributed by atoms with Crippen LogP contribution < -0.4 is 4.90 Å². The highest BCUT2D eigenvalue weighted by molar-refractivity contribution is 7.89. The van der Waals surface area contributed by atoms with E-state index < -0.39 is 10.0 Å². The standard InChI is InChI=1S/C22H28N4O3S/c1-18-5-7-19(8-6-18)22(27)25-15-13-24(14-16-25)21-10-9-20(17-23-21)30(28,29)26-11-3-2-4-12-26/h5-10,17H,2-4,11-16H2,1H3. The average Bonchev–Trinajstić information content (AvgIpc) is 2.80. The summed E-state index contributed by atoms with van der Waals surface area (Å²) in [6, 6.07) is 11.1. The molecule has 2 saturated heterocycles. The average molecular weight is 429 g/mol. The molecule has 30 heavy (non-hydrogen) atoms. The van der Waals surface area contributed by atoms with Gasteiger partial charge in [-0.15, -0.1) is 0 Å². The van der Waals surface area contributed by atoms with Crippen LogP contribution in [0.4, 0.5) is 5.82 Å². The van der Waals surface area contributed by atoms with Crippen molar-refractivity contribution in [3.05, 3.63) is 53.7 Å². The van der Waals surface area contributed by atoms with E-state index >= 15 is 0 Å². The monoisotopic (exact) mass is 428 g/mol. The van der Waals surface area contributed by atoms with Gasteiger partial charge in [-0.2, -0.15) is 4.31 Å². The fourth-order valence-electron chi connectivity index (χ4n) is 3.98. The van der Waals surface area contributed by atoms with Gasteiger partial charge in [-0.25, -0.2) is 13.4 Å². The molecular formula is C22H28N4O3S. The van der Waals surface area contributed by atoms with Crippen LogP contribution in [0.1, 0.15) is 35.2 Å². The number of amides is 1. The Labute approximate surface area is 178 Å². The van der Waals surface area contributed by atoms with Crippen LogP contribution in [0.3, 0.4) is 0 Å². The topological polar surface area (TPSA) is 73.8 Å². The van der Waals surface area contributed by atoms with Gasteiger partial charge in [0.05, 0.1) is 0 Å². The largest absolute Gasteiger partial charge is 0.353 e. The van der Waals surface area contributed by atoms with E-state index in [4.69, 9.17) is 0 Å². The molecule has 1 aromatic heterocycles. The summed E-state index contributed by atoms with van der Waals surface area (Å²) in [4.78, 5) is 21.3. The second-order valence-corrected chi connectivity index (χ2v) is 9.90. The molecule has 2 aliphatic rings. The maximum Gasteiger partial charge on any atom is 0.253 e. The third-order valence-corrected chi connectivity index (χ3v) is 7.75. The van der Waals surface area contributed by atoms with Crippen molar-refractivity contribution in [1.82, 2.24) is 14.2 Å². The number of hydrogen-bond acceptors (Lipinski definition) is 5. The molecule has 0 atom stereocenters. The molecule has 2 aromatic rings. The molecule has 160 valence electrons. The first-order valence-corrected chi connectivity index (χ1v) is 12.0. The van der Waals surface area contributed by atoms with Crippen molar-refractivity contribution in [3.8, 4) is 0 Å². The van der Waals surface area contributed by atoms with Crippen molar-refractivity contribution < 1.29 is 13.2 Å². The van der Waals surface area contributed by atoms with Gasteiger partial charge in [0.25, 0.3) is 5.91 Å². The van der Waals surface area contributed by atoms with Crippen molar-refractivity contribution in [2.45, 2.75) is 31.1 Å². The Kier molecular flexibility index (Phi) is 6.06. The molecule has 0 aliphatic carbocycles. The molecule has 8 heteroatoms. The zero-order chi connectivity index (χ0) is 21.1. The second kappa shape index (κ2) is 8.73. The second-order valence-electron chi connectivity index (χ2n) is 7.96. The Hall–Kier alpha value is -2.45. The molecule has 0 N–H and O–H groups in total. The van der Waals surface area contributed by atoms with Crippen LogP contribution >= 0.6 is 0 Å². The number of benzene rings is 1. The van der Waals surface area contributed by atoms with Gasteiger partial charge in [0.15, 0.2) is 0 Å². The van der Waals surface area contributed by atoms with Crippen molar-refractivity contribution in [1.29, 1.82) is 0 Å². The van der Waals surface area contributed by atoms with Gasteiger partial charge >= 0.3 is 0 Å². The SMILES string of the molecule is Cc1ccc(C(=O)N2CCN(c3ccc(S(=O)(=O)N4CCCCC4)cn3)CC2)cc1. The number of pyridine rings is 1. The van der Waals surface area contributed by atoms with Gasteiger partial charge in [-0.3, -0.25) is 4.79 Å². The first-order valence-electron chi connectivity index (χ1n) is 10.5. The quantitative estimate of drug-likeness (QED) is 0.748. The minimum atomic E-state index is -3.46. The number of carbonyl (C=O) groups excluding carboxylic acids is 1. The summed E-state index contributed by atoms with van der Waals surface area (Å²) in [7, 11) is -3.46. The number of piperazine rings is 1. The zero-order valence-corrected chi connectivity index (χ0v) is 18.1. The molecule has 0 bridgehead atoms. The fourth-order valence-corrected chi connectivity index (χ4v) is 5.45. The van der Waals surface area contributed by atoms with Crippen molar-refractivity contribution in [2.75, 3.05) is 44.2 Å². The molecule has 4 rings (SSSR count). The van der Waals surface area contributed by atoms with Gasteiger partial charge in [-0.1, -0.05) is 24.1 Å². The molecule has 0 unspecified atom stereocenters. The highest BCUT2D eigenvalue weighted by Gasteiger charge is 2.27. The van der Waals surface area contributed by atoms with Gasteiger partial charge in [0, 0.05) is 51.0 Å². The molecule has 3 heterocycles. The number of rotatable bonds is 4. The maximum atomic E-state index is 12.8. The summed E-state index contributed by atoms with van der Waals surface area (Å²) < 4.78 is 27.1. The van der Waals surface area contributed by atoms with E-state index in [-0.39, 0.29) is 10.8 Å². The van der Waals surface area contributed by atoms with E-state index in [0.717, 1.165) is 30.6 Å². The summed E-state index contributed by atoms with van der Waals surface area (Å²) in [5, 5.41) is 0. The normalized spacial score (nSPS) is 18.4. The highest BCUT2D eigenvalue weighted by Crippen LogP contribution is 2.22. The van der Waals surface area contributed by atoms with Crippen LogP contribution in [-0.2, 0) is 10.0 Å². The highest BCUT2D eigenvalue weighted by atomic mass is 32.2. The number of piperidine rings is 1. The molecule has 1 amide bonds. The molecule has 0 radical (unpaired) electrons. The molecule has 2 fully saturated rings. The lowest BCUT2D eigenvalue weighted by Crippen LogP contribution is -2.49. The zero-order valence-electron chi connectivity index (χ0n) is 17.3. The lowest BCUT2D eigenvalue weighted by atomic mass is 10.1. The molecule has 0 saturated carbocycles. The van der Waals surface area contributed by atoms with Crippen LogP contribution in [0.2, 0.25) is 0 Å². The number of carbonyl (C=O) groups is 1. The number of aromatic nitrogens is 1. The summed E-state index contributed by atoms with van der Waals surface area (Å²) in [6.07, 6.45) is 4.37. The van der Waals surface area contributed by atoms with Gasteiger partial charge in [-0.05, 0) is 44.0 Å². The molecule has 2 aliphatic heterocycles. The Bertz CT molecular complexity index is 976. The van der Waals surface area contributed by atoms with E-state index in [1.807, 2.05) is 36.1 Å². The summed E-state index contributed by atoms with van der Waals surface area (Å²) in [6.45, 7) is 5.74. The summed E-state index contributed by atoms with van der Waals surface area (Å²) in [5.74, 6) is 0.792. The van der Waals surface area contributed by atoms with Crippen LogP contribution in [0.15, 0.2) is 47.5 Å². The maximum absolute atomic E-state index is 12.8. The predicted molar refractivity (Wildman–Crippen MR) is 116 cm³/mol. The van der Waals surface area contributed by atoms with E-state index in [1.165, 1.54) is 6.20 Å². The van der Waals surface area contributed by atoms with Gasteiger partial charge in [0.2, 0.25) is 10.0 Å². The van der Waals surface area contributed by atoms with Gasteiger partial charge < -0.3 is 9.80 Å². The summed E-state index contributed by atoms with van der Waals surface area (Å²) in [5.41, 5.74) is 1.84. The molecular weight excluding hydrogens is 400 g/mol. The molecule has 7 nitrogen and oxygen atoms in total. The Morgan fingerprint density at radius 3 is 2.13 bits per heavy atom.